The molecule has 106 valence electrons. The van der Waals surface area contributed by atoms with Crippen LogP contribution in [0.5, 0.6) is 0 Å². The molecule has 0 spiro atoms. The van der Waals surface area contributed by atoms with Gasteiger partial charge in [-0.1, -0.05) is 0 Å². The molecule has 0 saturated carbocycles. The zero-order valence-corrected chi connectivity index (χ0v) is 13.3. The minimum atomic E-state index is -0.538. The Labute approximate surface area is 124 Å². The van der Waals surface area contributed by atoms with E-state index in [1.165, 1.54) is 0 Å². The van der Waals surface area contributed by atoms with E-state index in [4.69, 9.17) is 9.15 Å². The van der Waals surface area contributed by atoms with Crippen molar-refractivity contribution >= 4 is 27.0 Å². The second-order valence-corrected chi connectivity index (χ2v) is 6.05. The number of hydrogen-bond donors (Lipinski definition) is 0. The predicted octanol–water partition coefficient (Wildman–Crippen LogP) is 3.83. The van der Waals surface area contributed by atoms with Gasteiger partial charge in [-0.3, -0.25) is 0 Å². The number of rotatable bonds is 3. The fourth-order valence-electron chi connectivity index (χ4n) is 2.04. The summed E-state index contributed by atoms with van der Waals surface area (Å²) in [5.41, 5.74) is 0.578. The highest BCUT2D eigenvalue weighted by Crippen LogP contribution is 2.35. The molecule has 1 aromatic heterocycles. The molecule has 2 aromatic rings. The maximum absolute atomic E-state index is 14.2. The van der Waals surface area contributed by atoms with Gasteiger partial charge in [0.15, 0.2) is 11.4 Å². The number of fused-ring (bicyclic) bond motifs is 1. The highest BCUT2D eigenvalue weighted by atomic mass is 79.9. The van der Waals surface area contributed by atoms with E-state index in [0.717, 1.165) is 0 Å². The number of benzene rings is 1. The molecule has 0 bridgehead atoms. The first-order valence-electron chi connectivity index (χ1n) is 6.01. The van der Waals surface area contributed by atoms with Crippen LogP contribution in [0.3, 0.4) is 0 Å². The molecule has 1 aromatic carbocycles. The topological polar surface area (TPSA) is 59.0 Å². The van der Waals surface area contributed by atoms with Gasteiger partial charge in [0.2, 0.25) is 5.89 Å². The van der Waals surface area contributed by atoms with Gasteiger partial charge in [-0.2, -0.15) is 5.26 Å². The SMILES string of the molecule is COCC(C)(C)c1nc2c(C#N)c(C)c(Br)c(F)c2o1. The Morgan fingerprint density at radius 3 is 2.70 bits per heavy atom. The van der Waals surface area contributed by atoms with Gasteiger partial charge in [0.1, 0.15) is 11.6 Å². The largest absolute Gasteiger partial charge is 0.437 e. The normalized spacial score (nSPS) is 11.8. The fraction of sp³-hybridized carbons (Fsp3) is 0.429. The third-order valence-corrected chi connectivity index (χ3v) is 4.10. The molecule has 0 saturated heterocycles. The second-order valence-electron chi connectivity index (χ2n) is 5.25. The molecule has 4 nitrogen and oxygen atoms in total. The lowest BCUT2D eigenvalue weighted by atomic mass is 9.95. The van der Waals surface area contributed by atoms with E-state index in [9.17, 15) is 9.65 Å². The summed E-state index contributed by atoms with van der Waals surface area (Å²) in [6, 6.07) is 2.05. The van der Waals surface area contributed by atoms with Crippen LogP contribution in [-0.2, 0) is 10.2 Å². The van der Waals surface area contributed by atoms with E-state index in [-0.39, 0.29) is 15.6 Å². The maximum Gasteiger partial charge on any atom is 0.203 e. The third-order valence-electron chi connectivity index (χ3n) is 3.16. The summed E-state index contributed by atoms with van der Waals surface area (Å²) >= 11 is 3.14. The standard InChI is InChI=1S/C14H14BrFN2O2/c1-7-8(5-17)11-12(10(16)9(7)15)20-13(18-11)14(2,3)6-19-4/h6H2,1-4H3. The number of nitrogens with zero attached hydrogens (tertiary/aromatic N) is 2. The van der Waals surface area contributed by atoms with Crippen LogP contribution < -0.4 is 0 Å². The van der Waals surface area contributed by atoms with Crippen molar-refractivity contribution in [3.8, 4) is 6.07 Å². The molecule has 20 heavy (non-hydrogen) atoms. The molecular formula is C14H14BrFN2O2. The Hall–Kier alpha value is -1.45. The molecule has 0 unspecified atom stereocenters. The molecule has 1 heterocycles. The van der Waals surface area contributed by atoms with Crippen LogP contribution in [0.25, 0.3) is 11.1 Å². The van der Waals surface area contributed by atoms with Crippen molar-refractivity contribution < 1.29 is 13.5 Å². The first kappa shape index (κ1) is 14.9. The van der Waals surface area contributed by atoms with Crippen molar-refractivity contribution in [2.24, 2.45) is 0 Å². The minimum absolute atomic E-state index is 0.00166. The molecular weight excluding hydrogens is 327 g/mol. The Bertz CT molecular complexity index is 716. The molecule has 0 atom stereocenters. The summed E-state index contributed by atoms with van der Waals surface area (Å²) in [4.78, 5) is 4.31. The molecule has 0 radical (unpaired) electrons. The van der Waals surface area contributed by atoms with E-state index >= 15 is 0 Å². The van der Waals surface area contributed by atoms with E-state index in [2.05, 4.69) is 27.0 Å². The van der Waals surface area contributed by atoms with Crippen LogP contribution in [0.4, 0.5) is 4.39 Å². The highest BCUT2D eigenvalue weighted by Gasteiger charge is 2.30. The number of methoxy groups -OCH3 is 1. The van der Waals surface area contributed by atoms with E-state index < -0.39 is 11.2 Å². The van der Waals surface area contributed by atoms with Crippen molar-refractivity contribution in [1.82, 2.24) is 4.98 Å². The fourth-order valence-corrected chi connectivity index (χ4v) is 2.42. The highest BCUT2D eigenvalue weighted by molar-refractivity contribution is 9.10. The Kier molecular flexibility index (Phi) is 3.85. The lowest BCUT2D eigenvalue weighted by Crippen LogP contribution is -2.23. The summed E-state index contributed by atoms with van der Waals surface area (Å²) in [6.07, 6.45) is 0. The number of nitriles is 1. The van der Waals surface area contributed by atoms with Crippen molar-refractivity contribution in [1.29, 1.82) is 5.26 Å². The van der Waals surface area contributed by atoms with Crippen molar-refractivity contribution in [3.63, 3.8) is 0 Å². The maximum atomic E-state index is 14.2. The van der Waals surface area contributed by atoms with Gasteiger partial charge in [-0.25, -0.2) is 9.37 Å². The lowest BCUT2D eigenvalue weighted by Gasteiger charge is -2.18. The summed E-state index contributed by atoms with van der Waals surface area (Å²) in [5, 5.41) is 9.25. The van der Waals surface area contributed by atoms with Gasteiger partial charge in [-0.15, -0.1) is 0 Å². The number of ether oxygens (including phenoxy) is 1. The summed E-state index contributed by atoms with van der Waals surface area (Å²) in [5.74, 6) is -0.189. The lowest BCUT2D eigenvalue weighted by molar-refractivity contribution is 0.132. The Balaban J connectivity index is 2.78. The van der Waals surface area contributed by atoms with E-state index in [1.807, 2.05) is 13.8 Å². The van der Waals surface area contributed by atoms with Crippen molar-refractivity contribution in [3.05, 3.63) is 27.3 Å². The molecule has 0 aliphatic carbocycles. The van der Waals surface area contributed by atoms with Crippen molar-refractivity contribution in [2.75, 3.05) is 13.7 Å². The monoisotopic (exact) mass is 340 g/mol. The van der Waals surface area contributed by atoms with Crippen LogP contribution >= 0.6 is 15.9 Å². The first-order chi connectivity index (χ1) is 9.33. The van der Waals surface area contributed by atoms with Crippen molar-refractivity contribution in [2.45, 2.75) is 26.2 Å². The van der Waals surface area contributed by atoms with Crippen LogP contribution in [-0.4, -0.2) is 18.7 Å². The average molecular weight is 341 g/mol. The van der Waals surface area contributed by atoms with Gasteiger partial charge >= 0.3 is 0 Å². The molecule has 0 N–H and O–H groups in total. The predicted molar refractivity (Wildman–Crippen MR) is 76.0 cm³/mol. The summed E-state index contributed by atoms with van der Waals surface area (Å²) in [6.45, 7) is 5.81. The first-order valence-corrected chi connectivity index (χ1v) is 6.80. The molecule has 0 aliphatic heterocycles. The zero-order valence-electron chi connectivity index (χ0n) is 11.7. The van der Waals surface area contributed by atoms with Crippen LogP contribution in [0.15, 0.2) is 8.89 Å². The Morgan fingerprint density at radius 2 is 2.15 bits per heavy atom. The summed E-state index contributed by atoms with van der Waals surface area (Å²) in [7, 11) is 1.58. The number of hydrogen-bond acceptors (Lipinski definition) is 4. The summed E-state index contributed by atoms with van der Waals surface area (Å²) < 4.78 is 25.1. The molecule has 0 fully saturated rings. The molecule has 0 amide bonds. The Morgan fingerprint density at radius 1 is 1.50 bits per heavy atom. The molecule has 6 heteroatoms. The van der Waals surface area contributed by atoms with E-state index in [1.54, 1.807) is 14.0 Å². The molecule has 0 aliphatic rings. The van der Waals surface area contributed by atoms with Crippen LogP contribution in [0.2, 0.25) is 0 Å². The smallest absolute Gasteiger partial charge is 0.203 e. The van der Waals surface area contributed by atoms with Crippen LogP contribution in [0.1, 0.15) is 30.9 Å². The quantitative estimate of drug-likeness (QED) is 0.851. The second kappa shape index (κ2) is 5.15. The van der Waals surface area contributed by atoms with E-state index in [0.29, 0.717) is 23.6 Å². The van der Waals surface area contributed by atoms with Gasteiger partial charge in [0, 0.05) is 7.11 Å². The molecule has 2 rings (SSSR count). The number of oxazole rings is 1. The van der Waals surface area contributed by atoms with Gasteiger partial charge in [-0.05, 0) is 42.3 Å². The number of halogens is 2. The zero-order chi connectivity index (χ0) is 15.1. The third kappa shape index (κ3) is 2.21. The van der Waals surface area contributed by atoms with Gasteiger partial charge < -0.3 is 9.15 Å². The average Bonchev–Trinajstić information content (AvgIpc) is 2.82. The van der Waals surface area contributed by atoms with Crippen LogP contribution in [0, 0.1) is 24.1 Å². The minimum Gasteiger partial charge on any atom is -0.437 e. The van der Waals surface area contributed by atoms with Gasteiger partial charge in [0.25, 0.3) is 0 Å². The van der Waals surface area contributed by atoms with Gasteiger partial charge in [0.05, 0.1) is 22.1 Å². The number of aromatic nitrogens is 1.